The third-order valence-corrected chi connectivity index (χ3v) is 9.54. The second-order valence-corrected chi connectivity index (χ2v) is 15.5. The number of aliphatic hydroxyl groups is 1. The van der Waals surface area contributed by atoms with E-state index in [1.165, 1.54) is 0 Å². The van der Waals surface area contributed by atoms with Crippen molar-refractivity contribution in [2.45, 2.75) is 54.1 Å². The maximum atomic E-state index is 13.9. The van der Waals surface area contributed by atoms with Gasteiger partial charge in [-0.05, 0) is 0 Å². The number of aliphatic hydroxyl groups excluding tert-OH is 1. The lowest BCUT2D eigenvalue weighted by Gasteiger charge is -2.42. The number of alkyl halides is 17. The van der Waals surface area contributed by atoms with Crippen LogP contribution < -0.4 is 0 Å². The molecular weight excluding hydrogens is 1140 g/mol. The molecule has 476 valence electrons. The molecule has 0 fully saturated rings. The lowest BCUT2D eigenvalue weighted by molar-refractivity contribution is -0.462. The van der Waals surface area contributed by atoms with Crippen LogP contribution in [-0.4, -0.2) is 284 Å². The van der Waals surface area contributed by atoms with Gasteiger partial charge in [-0.2, -0.15) is 74.6 Å². The molecule has 0 aromatic rings. The molecule has 35 heteroatoms. The van der Waals surface area contributed by atoms with Gasteiger partial charge in [0.2, 0.25) is 0 Å². The largest absolute Gasteiger partial charge is 0.460 e. The van der Waals surface area contributed by atoms with Gasteiger partial charge in [-0.1, -0.05) is 0 Å². The van der Waals surface area contributed by atoms with Crippen molar-refractivity contribution in [3.63, 3.8) is 0 Å². The van der Waals surface area contributed by atoms with E-state index in [4.69, 9.17) is 80.9 Å². The van der Waals surface area contributed by atoms with Gasteiger partial charge in [0.15, 0.2) is 0 Å². The Bertz CT molecular complexity index is 1420. The van der Waals surface area contributed by atoms with E-state index in [1.807, 2.05) is 0 Å². The van der Waals surface area contributed by atoms with Gasteiger partial charge in [0, 0.05) is 6.42 Å². The van der Waals surface area contributed by atoms with Gasteiger partial charge in [-0.3, -0.25) is 0 Å². The zero-order valence-corrected chi connectivity index (χ0v) is 43.3. The van der Waals surface area contributed by atoms with Gasteiger partial charge in [-0.25, -0.2) is 0 Å². The fraction of sp³-hybridized carbons (Fsp3) is 1.00. The molecule has 0 aromatic carbocycles. The molecule has 0 saturated carbocycles. The highest BCUT2D eigenvalue weighted by Crippen LogP contribution is 2.64. The van der Waals surface area contributed by atoms with Crippen molar-refractivity contribution < 1.29 is 160 Å². The van der Waals surface area contributed by atoms with Gasteiger partial charge >= 0.3 is 47.6 Å². The van der Waals surface area contributed by atoms with Crippen molar-refractivity contribution in [3.8, 4) is 0 Å². The van der Waals surface area contributed by atoms with Crippen molar-refractivity contribution >= 4 is 0 Å². The number of rotatable bonds is 59. The monoisotopic (exact) mass is 1210 g/mol. The minimum Gasteiger partial charge on any atom is -0.394 e. The molecule has 79 heavy (non-hydrogen) atoms. The Labute approximate surface area is 445 Å². The molecule has 0 bridgehead atoms. The van der Waals surface area contributed by atoms with Crippen LogP contribution in [0.1, 0.15) is 6.42 Å². The molecule has 0 heterocycles. The molecule has 18 nitrogen and oxygen atoms in total. The Hall–Kier alpha value is -1.91. The molecule has 0 unspecified atom stereocenters. The maximum Gasteiger partial charge on any atom is 0.460 e. The summed E-state index contributed by atoms with van der Waals surface area (Å²) in [6.45, 7) is 7.39. The lowest BCUT2D eigenvalue weighted by Crippen LogP contribution is -2.74. The molecule has 0 amide bonds. The third-order valence-electron chi connectivity index (χ3n) is 9.54. The SMILES string of the molecule is OCCOCCOCCOCCOCCOCCOCCOCCOCCOCCOCCOCCOCCOCCOCCOCCOCCOCCC(F)(F)C(F)(F)C(F)(F)C(F)(F)C(F)(F)C(F)(F)C(F)(F)C(F)(F)F. The normalized spacial score (nSPS) is 13.6. The van der Waals surface area contributed by atoms with Crippen LogP contribution in [0.5, 0.6) is 0 Å². The van der Waals surface area contributed by atoms with Crippen LogP contribution in [0.3, 0.4) is 0 Å². The molecule has 0 atom stereocenters. The molecule has 0 radical (unpaired) electrons. The summed E-state index contributed by atoms with van der Waals surface area (Å²) in [7, 11) is 0. The Morgan fingerprint density at radius 1 is 0.177 bits per heavy atom. The zero-order chi connectivity index (χ0) is 59.5. The van der Waals surface area contributed by atoms with Crippen LogP contribution >= 0.6 is 0 Å². The van der Waals surface area contributed by atoms with Crippen molar-refractivity contribution in [2.75, 3.05) is 231 Å². The second-order valence-electron chi connectivity index (χ2n) is 15.5. The summed E-state index contributed by atoms with van der Waals surface area (Å²) >= 11 is 0. The average Bonchev–Trinajstić information content (AvgIpc) is 3.38. The standard InChI is InChI=1S/C44H73F17O18/c45-37(46,38(47,48)39(49,50)40(51,52)41(53,54)42(55,56)43(57,58)44(59,60)61)1-3-63-5-7-65-9-11-67-13-15-69-17-19-71-21-23-73-25-27-75-29-31-77-33-35-79-36-34-78-32-30-76-28-26-74-24-22-72-20-18-70-16-14-68-12-10-66-8-6-64-4-2-62/h62H,1-36H2. The van der Waals surface area contributed by atoms with Gasteiger partial charge < -0.3 is 85.6 Å². The number of hydrogen-bond donors (Lipinski definition) is 1. The Kier molecular flexibility index (Phi) is 42.6. The Balaban J connectivity index is 3.57. The summed E-state index contributed by atoms with van der Waals surface area (Å²) in [5.41, 5.74) is 0. The van der Waals surface area contributed by atoms with Crippen LogP contribution in [0.2, 0.25) is 0 Å². The highest BCUT2D eigenvalue weighted by Gasteiger charge is 2.95. The first-order valence-electron chi connectivity index (χ1n) is 24.4. The van der Waals surface area contributed by atoms with Crippen molar-refractivity contribution in [1.82, 2.24) is 0 Å². The molecule has 0 aliphatic rings. The van der Waals surface area contributed by atoms with E-state index in [0.717, 1.165) is 0 Å². The number of hydrogen-bond acceptors (Lipinski definition) is 18. The van der Waals surface area contributed by atoms with Crippen LogP contribution in [0, 0.1) is 0 Å². The highest BCUT2D eigenvalue weighted by molar-refractivity contribution is 5.15. The molecule has 0 rings (SSSR count). The molecule has 0 aromatic heterocycles. The quantitative estimate of drug-likeness (QED) is 0.0583. The Morgan fingerprint density at radius 2 is 0.316 bits per heavy atom. The summed E-state index contributed by atoms with van der Waals surface area (Å²) in [6.07, 6.45) is -10.5. The molecule has 0 aliphatic carbocycles. The fourth-order valence-corrected chi connectivity index (χ4v) is 5.24. The molecule has 0 saturated heterocycles. The maximum absolute atomic E-state index is 13.9. The van der Waals surface area contributed by atoms with E-state index in [-0.39, 0.29) is 52.9 Å². The predicted octanol–water partition coefficient (Wildman–Crippen LogP) is 5.66. The van der Waals surface area contributed by atoms with E-state index in [2.05, 4.69) is 4.74 Å². The minimum absolute atomic E-state index is 0.00946. The topological polar surface area (TPSA) is 177 Å². The first kappa shape index (κ1) is 77.1. The Morgan fingerprint density at radius 3 is 0.481 bits per heavy atom. The van der Waals surface area contributed by atoms with Gasteiger partial charge in [0.1, 0.15) is 0 Å². The van der Waals surface area contributed by atoms with E-state index >= 15 is 0 Å². The summed E-state index contributed by atoms with van der Waals surface area (Å²) < 4.78 is 317. The summed E-state index contributed by atoms with van der Waals surface area (Å²) in [5.74, 6) is -56.6. The van der Waals surface area contributed by atoms with Gasteiger partial charge in [0.25, 0.3) is 0 Å². The molecular formula is C44H73F17O18. The molecule has 1 N–H and O–H groups in total. The smallest absolute Gasteiger partial charge is 0.394 e. The van der Waals surface area contributed by atoms with Crippen molar-refractivity contribution in [3.05, 3.63) is 0 Å². The minimum atomic E-state index is -8.67. The first-order valence-corrected chi connectivity index (χ1v) is 24.4. The summed E-state index contributed by atoms with van der Waals surface area (Å²) in [6, 6.07) is 0. The van der Waals surface area contributed by atoms with E-state index in [1.54, 1.807) is 0 Å². The van der Waals surface area contributed by atoms with E-state index in [0.29, 0.717) is 159 Å². The molecule has 0 spiro atoms. The number of halogens is 17. The summed E-state index contributed by atoms with van der Waals surface area (Å²) in [4.78, 5) is 0. The molecule has 0 aliphatic heterocycles. The van der Waals surface area contributed by atoms with Gasteiger partial charge in [0.05, 0.1) is 231 Å². The summed E-state index contributed by atoms with van der Waals surface area (Å²) in [5, 5.41) is 8.59. The average molecular weight is 1210 g/mol. The number of ether oxygens (including phenoxy) is 17. The van der Waals surface area contributed by atoms with Crippen LogP contribution in [-0.2, 0) is 80.5 Å². The third kappa shape index (κ3) is 31.0. The van der Waals surface area contributed by atoms with Gasteiger partial charge in [-0.15, -0.1) is 0 Å². The van der Waals surface area contributed by atoms with Crippen LogP contribution in [0.25, 0.3) is 0 Å². The van der Waals surface area contributed by atoms with Crippen molar-refractivity contribution in [1.29, 1.82) is 0 Å². The predicted molar refractivity (Wildman–Crippen MR) is 236 cm³/mol. The van der Waals surface area contributed by atoms with E-state index < -0.39 is 73.9 Å². The lowest BCUT2D eigenvalue weighted by atomic mass is 9.88. The highest BCUT2D eigenvalue weighted by atomic mass is 19.4. The van der Waals surface area contributed by atoms with Crippen LogP contribution in [0.4, 0.5) is 74.6 Å². The first-order chi connectivity index (χ1) is 37.3. The zero-order valence-electron chi connectivity index (χ0n) is 43.3. The fourth-order valence-electron chi connectivity index (χ4n) is 5.24. The van der Waals surface area contributed by atoms with E-state index in [9.17, 15) is 74.6 Å². The van der Waals surface area contributed by atoms with Crippen LogP contribution in [0.15, 0.2) is 0 Å². The van der Waals surface area contributed by atoms with Crippen molar-refractivity contribution in [2.24, 2.45) is 0 Å². The second kappa shape index (κ2) is 43.7.